The number of rotatable bonds is 4. The first-order chi connectivity index (χ1) is 8.65. The van der Waals surface area contributed by atoms with Crippen molar-refractivity contribution in [1.82, 2.24) is 9.97 Å². The summed E-state index contributed by atoms with van der Waals surface area (Å²) in [5, 5.41) is 9.17. The van der Waals surface area contributed by atoms with Crippen LogP contribution in [0.1, 0.15) is 0 Å². The zero-order chi connectivity index (χ0) is 13.1. The van der Waals surface area contributed by atoms with Crippen LogP contribution in [-0.2, 0) is 0 Å². The molecule has 18 heavy (non-hydrogen) atoms. The summed E-state index contributed by atoms with van der Waals surface area (Å²) in [6.45, 7) is -0.103. The number of halogens is 2. The predicted molar refractivity (Wildman–Crippen MR) is 66.3 cm³/mol. The molecule has 96 valence electrons. The van der Waals surface area contributed by atoms with Gasteiger partial charge in [-0.15, -0.1) is 0 Å². The molecule has 0 fully saturated rings. The molecule has 1 heterocycles. The van der Waals surface area contributed by atoms with Crippen LogP contribution in [0.2, 0.25) is 0 Å². The van der Waals surface area contributed by atoms with Crippen molar-refractivity contribution in [2.24, 2.45) is 0 Å². The van der Waals surface area contributed by atoms with Crippen LogP contribution in [0.25, 0.3) is 10.9 Å². The molecule has 0 spiro atoms. The van der Waals surface area contributed by atoms with E-state index in [1.165, 1.54) is 13.2 Å². The molecule has 0 aliphatic rings. The van der Waals surface area contributed by atoms with Gasteiger partial charge in [-0.1, -0.05) is 15.9 Å². The summed E-state index contributed by atoms with van der Waals surface area (Å²) in [6.07, 6.45) is 0. The van der Waals surface area contributed by atoms with Gasteiger partial charge in [0, 0.05) is 4.47 Å². The predicted octanol–water partition coefficient (Wildman–Crippen LogP) is 1.91. The van der Waals surface area contributed by atoms with E-state index in [-0.39, 0.29) is 30.6 Å². The van der Waals surface area contributed by atoms with Gasteiger partial charge in [0.15, 0.2) is 5.82 Å². The molecule has 0 saturated heterocycles. The van der Waals surface area contributed by atoms with Crippen LogP contribution in [-0.4, -0.2) is 35.4 Å². The Morgan fingerprint density at radius 3 is 2.83 bits per heavy atom. The summed E-state index contributed by atoms with van der Waals surface area (Å²) >= 11 is 3.19. The number of benzene rings is 1. The average molecular weight is 317 g/mol. The molecule has 0 aliphatic carbocycles. The lowest BCUT2D eigenvalue weighted by Crippen LogP contribution is -2.05. The minimum Gasteiger partial charge on any atom is -0.475 e. The fourth-order valence-corrected chi connectivity index (χ4v) is 1.88. The highest BCUT2D eigenvalue weighted by atomic mass is 79.9. The molecule has 2 rings (SSSR count). The zero-order valence-corrected chi connectivity index (χ0v) is 11.1. The van der Waals surface area contributed by atoms with Crippen molar-refractivity contribution < 1.29 is 19.0 Å². The average Bonchev–Trinajstić information content (AvgIpc) is 2.36. The van der Waals surface area contributed by atoms with Crippen molar-refractivity contribution in [2.75, 3.05) is 20.3 Å². The second-order valence-electron chi connectivity index (χ2n) is 3.37. The minimum absolute atomic E-state index is 0.0108. The van der Waals surface area contributed by atoms with E-state index in [1.807, 2.05) is 0 Å². The molecule has 1 aromatic heterocycles. The summed E-state index contributed by atoms with van der Waals surface area (Å²) in [7, 11) is 1.38. The lowest BCUT2D eigenvalue weighted by Gasteiger charge is -2.09. The van der Waals surface area contributed by atoms with Crippen molar-refractivity contribution in [1.29, 1.82) is 0 Å². The van der Waals surface area contributed by atoms with Gasteiger partial charge in [-0.25, -0.2) is 4.39 Å². The first-order valence-corrected chi connectivity index (χ1v) is 5.89. The molecule has 0 aliphatic heterocycles. The Kier molecular flexibility index (Phi) is 3.93. The molecular weight excluding hydrogens is 307 g/mol. The SMILES string of the molecule is COc1nc(OCCO)c2cc(Br)cc(F)c2n1. The second-order valence-corrected chi connectivity index (χ2v) is 4.29. The van der Waals surface area contributed by atoms with Gasteiger partial charge in [0.1, 0.15) is 12.1 Å². The Morgan fingerprint density at radius 2 is 2.17 bits per heavy atom. The van der Waals surface area contributed by atoms with Crippen LogP contribution in [0.5, 0.6) is 11.9 Å². The summed E-state index contributed by atoms with van der Waals surface area (Å²) < 4.78 is 24.5. The number of hydrogen-bond acceptors (Lipinski definition) is 5. The van der Waals surface area contributed by atoms with E-state index in [1.54, 1.807) is 6.07 Å². The zero-order valence-electron chi connectivity index (χ0n) is 9.48. The van der Waals surface area contributed by atoms with E-state index in [4.69, 9.17) is 14.6 Å². The van der Waals surface area contributed by atoms with Crippen LogP contribution in [0.4, 0.5) is 4.39 Å². The number of hydrogen-bond donors (Lipinski definition) is 1. The maximum Gasteiger partial charge on any atom is 0.320 e. The van der Waals surface area contributed by atoms with Crippen molar-refractivity contribution in [3.05, 3.63) is 22.4 Å². The van der Waals surface area contributed by atoms with Gasteiger partial charge in [-0.05, 0) is 12.1 Å². The largest absolute Gasteiger partial charge is 0.475 e. The molecule has 0 bridgehead atoms. The van der Waals surface area contributed by atoms with Gasteiger partial charge in [0.25, 0.3) is 0 Å². The topological polar surface area (TPSA) is 64.5 Å². The van der Waals surface area contributed by atoms with Crippen LogP contribution >= 0.6 is 15.9 Å². The Morgan fingerprint density at radius 1 is 1.39 bits per heavy atom. The summed E-state index contributed by atoms with van der Waals surface area (Å²) in [6, 6.07) is 2.95. The molecule has 7 heteroatoms. The van der Waals surface area contributed by atoms with Gasteiger partial charge in [-0.2, -0.15) is 9.97 Å². The minimum atomic E-state index is -0.506. The fourth-order valence-electron chi connectivity index (χ4n) is 1.45. The normalized spacial score (nSPS) is 10.7. The van der Waals surface area contributed by atoms with Crippen molar-refractivity contribution in [3.8, 4) is 11.9 Å². The Hall–Kier alpha value is -1.47. The third-order valence-electron chi connectivity index (χ3n) is 2.18. The molecule has 1 N–H and O–H groups in total. The van der Waals surface area contributed by atoms with E-state index in [0.717, 1.165) is 0 Å². The quantitative estimate of drug-likeness (QED) is 0.933. The van der Waals surface area contributed by atoms with Gasteiger partial charge in [-0.3, -0.25) is 0 Å². The number of aliphatic hydroxyl groups is 1. The first kappa shape index (κ1) is 13.0. The third kappa shape index (κ3) is 2.51. The van der Waals surface area contributed by atoms with Crippen LogP contribution in [0, 0.1) is 5.82 Å². The number of aromatic nitrogens is 2. The maximum absolute atomic E-state index is 13.8. The number of methoxy groups -OCH3 is 1. The summed E-state index contributed by atoms with van der Waals surface area (Å²) in [5.41, 5.74) is 0.109. The fraction of sp³-hybridized carbons (Fsp3) is 0.273. The first-order valence-electron chi connectivity index (χ1n) is 5.10. The van der Waals surface area contributed by atoms with E-state index < -0.39 is 5.82 Å². The van der Waals surface area contributed by atoms with E-state index >= 15 is 0 Å². The molecule has 0 saturated carbocycles. The molecule has 1 aromatic carbocycles. The maximum atomic E-state index is 13.8. The van der Waals surface area contributed by atoms with Gasteiger partial charge >= 0.3 is 6.01 Å². The molecular formula is C11H10BrFN2O3. The lowest BCUT2D eigenvalue weighted by molar-refractivity contribution is 0.196. The van der Waals surface area contributed by atoms with E-state index in [0.29, 0.717) is 9.86 Å². The van der Waals surface area contributed by atoms with Crippen molar-refractivity contribution in [3.63, 3.8) is 0 Å². The Balaban J connectivity index is 2.64. The Labute approximate surface area is 111 Å². The van der Waals surface area contributed by atoms with Crippen LogP contribution in [0.15, 0.2) is 16.6 Å². The highest BCUT2D eigenvalue weighted by Gasteiger charge is 2.13. The van der Waals surface area contributed by atoms with Crippen molar-refractivity contribution in [2.45, 2.75) is 0 Å². The third-order valence-corrected chi connectivity index (χ3v) is 2.63. The summed E-state index contributed by atoms with van der Waals surface area (Å²) in [4.78, 5) is 7.92. The summed E-state index contributed by atoms with van der Waals surface area (Å²) in [5.74, 6) is -0.333. The number of fused-ring (bicyclic) bond motifs is 1. The standard InChI is InChI=1S/C11H10BrFN2O3/c1-17-11-14-9-7(4-6(12)5-8(9)13)10(15-11)18-3-2-16/h4-5,16H,2-3H2,1H3. The highest BCUT2D eigenvalue weighted by molar-refractivity contribution is 9.10. The number of ether oxygens (including phenoxy) is 2. The lowest BCUT2D eigenvalue weighted by atomic mass is 10.2. The molecule has 0 atom stereocenters. The molecule has 0 unspecified atom stereocenters. The molecule has 5 nitrogen and oxygen atoms in total. The van der Waals surface area contributed by atoms with Gasteiger partial charge in [0.2, 0.25) is 5.88 Å². The van der Waals surface area contributed by atoms with Gasteiger partial charge in [0.05, 0.1) is 19.1 Å². The van der Waals surface area contributed by atoms with Crippen molar-refractivity contribution >= 4 is 26.8 Å². The second kappa shape index (κ2) is 5.45. The molecule has 2 aromatic rings. The smallest absolute Gasteiger partial charge is 0.320 e. The van der Waals surface area contributed by atoms with Gasteiger partial charge < -0.3 is 14.6 Å². The Bertz CT molecular complexity index is 580. The molecule has 0 amide bonds. The number of nitrogens with zero attached hydrogens (tertiary/aromatic N) is 2. The molecule has 0 radical (unpaired) electrons. The monoisotopic (exact) mass is 316 g/mol. The van der Waals surface area contributed by atoms with Crippen LogP contribution in [0.3, 0.4) is 0 Å². The van der Waals surface area contributed by atoms with Crippen LogP contribution < -0.4 is 9.47 Å². The van der Waals surface area contributed by atoms with E-state index in [9.17, 15) is 4.39 Å². The number of aliphatic hydroxyl groups excluding tert-OH is 1. The highest BCUT2D eigenvalue weighted by Crippen LogP contribution is 2.29. The van der Waals surface area contributed by atoms with E-state index in [2.05, 4.69) is 25.9 Å².